The van der Waals surface area contributed by atoms with Crippen molar-refractivity contribution < 1.29 is 14.0 Å². The molecular weight excluding hydrogens is 340 g/mol. The van der Waals surface area contributed by atoms with Crippen LogP contribution in [0.3, 0.4) is 0 Å². The molecule has 2 saturated carbocycles. The van der Waals surface area contributed by atoms with E-state index in [1.807, 2.05) is 4.90 Å². The van der Waals surface area contributed by atoms with E-state index >= 15 is 0 Å². The largest absolute Gasteiger partial charge is 0.472 e. The number of nitrogens with zero attached hydrogens (tertiary/aromatic N) is 2. The molecule has 0 radical (unpaired) electrons. The average Bonchev–Trinajstić information content (AvgIpc) is 3.39. The van der Waals surface area contributed by atoms with Gasteiger partial charge in [-0.2, -0.15) is 0 Å². The summed E-state index contributed by atoms with van der Waals surface area (Å²) in [5, 5.41) is 0. The number of furan rings is 1. The molecule has 0 spiro atoms. The first-order chi connectivity index (χ1) is 13.2. The SMILES string of the molecule is CCC1CCC(N(C(=O)C2CCN(C(=O)c3ccoc3)CC2)C2CC2)CC1. The predicted molar refractivity (Wildman–Crippen MR) is 103 cm³/mol. The molecule has 0 unspecified atom stereocenters. The second-order valence-electron chi connectivity index (χ2n) is 8.64. The molecule has 0 aromatic carbocycles. The summed E-state index contributed by atoms with van der Waals surface area (Å²) in [4.78, 5) is 30.0. The molecule has 148 valence electrons. The summed E-state index contributed by atoms with van der Waals surface area (Å²) < 4.78 is 5.03. The molecule has 5 heteroatoms. The van der Waals surface area contributed by atoms with Crippen LogP contribution in [-0.2, 0) is 4.79 Å². The van der Waals surface area contributed by atoms with Crippen molar-refractivity contribution >= 4 is 11.8 Å². The Balaban J connectivity index is 1.34. The Labute approximate surface area is 162 Å². The Bertz CT molecular complexity index is 637. The van der Waals surface area contributed by atoms with Gasteiger partial charge in [0.05, 0.1) is 11.8 Å². The molecule has 4 rings (SSSR count). The van der Waals surface area contributed by atoms with Crippen LogP contribution < -0.4 is 0 Å². The summed E-state index contributed by atoms with van der Waals surface area (Å²) in [6, 6.07) is 2.66. The van der Waals surface area contributed by atoms with Crippen LogP contribution in [0.15, 0.2) is 23.0 Å². The summed E-state index contributed by atoms with van der Waals surface area (Å²) in [5.74, 6) is 1.33. The number of hydrogen-bond acceptors (Lipinski definition) is 3. The predicted octanol–water partition coefficient (Wildman–Crippen LogP) is 4.09. The highest BCUT2D eigenvalue weighted by atomic mass is 16.3. The van der Waals surface area contributed by atoms with Gasteiger partial charge in [-0.05, 0) is 63.4 Å². The molecule has 0 N–H and O–H groups in total. The number of carbonyl (C=O) groups excluding carboxylic acids is 2. The maximum Gasteiger partial charge on any atom is 0.257 e. The van der Waals surface area contributed by atoms with Crippen molar-refractivity contribution in [1.82, 2.24) is 9.80 Å². The topological polar surface area (TPSA) is 53.8 Å². The zero-order valence-electron chi connectivity index (χ0n) is 16.4. The van der Waals surface area contributed by atoms with Crippen molar-refractivity contribution in [2.75, 3.05) is 13.1 Å². The summed E-state index contributed by atoms with van der Waals surface area (Å²) in [6.07, 6.45) is 13.1. The lowest BCUT2D eigenvalue weighted by Gasteiger charge is -2.40. The molecule has 5 nitrogen and oxygen atoms in total. The van der Waals surface area contributed by atoms with Gasteiger partial charge in [0.1, 0.15) is 6.26 Å². The van der Waals surface area contributed by atoms with E-state index in [-0.39, 0.29) is 11.8 Å². The van der Waals surface area contributed by atoms with Crippen molar-refractivity contribution in [2.24, 2.45) is 11.8 Å². The highest BCUT2D eigenvalue weighted by Gasteiger charge is 2.41. The first kappa shape index (κ1) is 18.6. The number of rotatable bonds is 5. The van der Waals surface area contributed by atoms with E-state index in [1.54, 1.807) is 6.07 Å². The van der Waals surface area contributed by atoms with Crippen molar-refractivity contribution in [3.8, 4) is 0 Å². The second-order valence-corrected chi connectivity index (χ2v) is 8.64. The molecule has 1 aromatic heterocycles. The van der Waals surface area contributed by atoms with Gasteiger partial charge < -0.3 is 14.2 Å². The smallest absolute Gasteiger partial charge is 0.257 e. The first-order valence-corrected chi connectivity index (χ1v) is 10.8. The summed E-state index contributed by atoms with van der Waals surface area (Å²) >= 11 is 0. The van der Waals surface area contributed by atoms with Crippen molar-refractivity contribution in [1.29, 1.82) is 0 Å². The Morgan fingerprint density at radius 3 is 2.19 bits per heavy atom. The van der Waals surface area contributed by atoms with Gasteiger partial charge in [-0.1, -0.05) is 13.3 Å². The first-order valence-electron chi connectivity index (χ1n) is 10.8. The van der Waals surface area contributed by atoms with Crippen molar-refractivity contribution in [2.45, 2.75) is 76.8 Å². The van der Waals surface area contributed by atoms with E-state index in [0.29, 0.717) is 36.6 Å². The lowest BCUT2D eigenvalue weighted by molar-refractivity contribution is -0.141. The Morgan fingerprint density at radius 1 is 1.04 bits per heavy atom. The average molecular weight is 373 g/mol. The van der Waals surface area contributed by atoms with Crippen LogP contribution in [0, 0.1) is 11.8 Å². The Kier molecular flexibility index (Phi) is 5.55. The van der Waals surface area contributed by atoms with Gasteiger partial charge in [-0.3, -0.25) is 9.59 Å². The van der Waals surface area contributed by atoms with Gasteiger partial charge in [-0.25, -0.2) is 0 Å². The van der Waals surface area contributed by atoms with Crippen LogP contribution in [0.25, 0.3) is 0 Å². The minimum absolute atomic E-state index is 0.0200. The molecule has 27 heavy (non-hydrogen) atoms. The lowest BCUT2D eigenvalue weighted by atomic mass is 9.83. The molecule has 2 aliphatic carbocycles. The molecular formula is C22H32N2O3. The highest BCUT2D eigenvalue weighted by Crippen LogP contribution is 2.38. The van der Waals surface area contributed by atoms with E-state index in [1.165, 1.54) is 57.5 Å². The molecule has 1 aliphatic heterocycles. The molecule has 0 atom stereocenters. The molecule has 1 saturated heterocycles. The van der Waals surface area contributed by atoms with Crippen LogP contribution in [-0.4, -0.2) is 46.8 Å². The zero-order chi connectivity index (χ0) is 18.8. The third kappa shape index (κ3) is 4.07. The van der Waals surface area contributed by atoms with Crippen LogP contribution in [0.4, 0.5) is 0 Å². The quantitative estimate of drug-likeness (QED) is 0.782. The Morgan fingerprint density at radius 2 is 1.67 bits per heavy atom. The van der Waals surface area contributed by atoms with Crippen LogP contribution in [0.5, 0.6) is 0 Å². The van der Waals surface area contributed by atoms with Gasteiger partial charge in [-0.15, -0.1) is 0 Å². The third-order valence-electron chi connectivity index (χ3n) is 6.88. The molecule has 2 heterocycles. The fourth-order valence-electron chi connectivity index (χ4n) is 4.95. The summed E-state index contributed by atoms with van der Waals surface area (Å²) in [6.45, 7) is 3.62. The van der Waals surface area contributed by atoms with Gasteiger partial charge in [0.15, 0.2) is 0 Å². The summed E-state index contributed by atoms with van der Waals surface area (Å²) in [5.41, 5.74) is 0.604. The van der Waals surface area contributed by atoms with Gasteiger partial charge in [0, 0.05) is 31.1 Å². The van der Waals surface area contributed by atoms with Gasteiger partial charge >= 0.3 is 0 Å². The molecule has 0 bridgehead atoms. The van der Waals surface area contributed by atoms with Gasteiger partial charge in [0.2, 0.25) is 5.91 Å². The maximum absolute atomic E-state index is 13.3. The fourth-order valence-corrected chi connectivity index (χ4v) is 4.95. The van der Waals surface area contributed by atoms with Crippen LogP contribution in [0.2, 0.25) is 0 Å². The standard InChI is InChI=1S/C22H32N2O3/c1-2-16-3-5-19(6-4-16)24(20-7-8-20)22(26)17-9-12-23(13-10-17)21(25)18-11-14-27-15-18/h11,14-17,19-20H,2-10,12-13H2,1H3. The second kappa shape index (κ2) is 8.07. The monoisotopic (exact) mass is 372 g/mol. The maximum atomic E-state index is 13.3. The highest BCUT2D eigenvalue weighted by molar-refractivity contribution is 5.94. The minimum atomic E-state index is 0.0200. The number of amides is 2. The van der Waals surface area contributed by atoms with E-state index < -0.39 is 0 Å². The lowest BCUT2D eigenvalue weighted by Crippen LogP contribution is -2.49. The fraction of sp³-hybridized carbons (Fsp3) is 0.727. The van der Waals surface area contributed by atoms with Crippen LogP contribution in [0.1, 0.15) is 75.1 Å². The number of hydrogen-bond donors (Lipinski definition) is 0. The van der Waals surface area contributed by atoms with E-state index in [9.17, 15) is 9.59 Å². The number of carbonyl (C=O) groups is 2. The number of piperidine rings is 1. The van der Waals surface area contributed by atoms with Crippen molar-refractivity contribution in [3.05, 3.63) is 24.2 Å². The van der Waals surface area contributed by atoms with E-state index in [0.717, 1.165) is 18.8 Å². The molecule has 1 aromatic rings. The molecule has 3 fully saturated rings. The van der Waals surface area contributed by atoms with Crippen molar-refractivity contribution in [3.63, 3.8) is 0 Å². The summed E-state index contributed by atoms with van der Waals surface area (Å²) in [7, 11) is 0. The Hall–Kier alpha value is -1.78. The molecule has 3 aliphatic rings. The third-order valence-corrected chi connectivity index (χ3v) is 6.88. The van der Waals surface area contributed by atoms with Crippen LogP contribution >= 0.6 is 0 Å². The van der Waals surface area contributed by atoms with Gasteiger partial charge in [0.25, 0.3) is 5.91 Å². The van der Waals surface area contributed by atoms with E-state index in [2.05, 4.69) is 11.8 Å². The minimum Gasteiger partial charge on any atom is -0.472 e. The number of likely N-dealkylation sites (tertiary alicyclic amines) is 1. The molecule has 2 amide bonds. The zero-order valence-corrected chi connectivity index (χ0v) is 16.4. The van der Waals surface area contributed by atoms with E-state index in [4.69, 9.17) is 4.42 Å². The normalized spacial score (nSPS) is 26.8.